The number of hydrogen-bond acceptors (Lipinski definition) is 3. The number of rotatable bonds is 3. The van der Waals surface area contributed by atoms with Crippen LogP contribution in [-0.4, -0.2) is 36.0 Å². The molecule has 4 rings (SSSR count). The van der Waals surface area contributed by atoms with Crippen molar-refractivity contribution in [1.82, 2.24) is 4.90 Å². The van der Waals surface area contributed by atoms with Gasteiger partial charge in [0.25, 0.3) is 5.91 Å². The molecular weight excluding hydrogens is 340 g/mol. The highest BCUT2D eigenvalue weighted by Crippen LogP contribution is 2.55. The molecular formula is C22H24N2O3. The van der Waals surface area contributed by atoms with E-state index in [0.29, 0.717) is 13.0 Å². The molecule has 2 aromatic rings. The van der Waals surface area contributed by atoms with Gasteiger partial charge in [0.2, 0.25) is 5.91 Å². The Balaban J connectivity index is 1.89. The largest absolute Gasteiger partial charge is 0.369 e. The maximum absolute atomic E-state index is 13.3. The van der Waals surface area contributed by atoms with Crippen LogP contribution in [0.25, 0.3) is 0 Å². The first kappa shape index (κ1) is 17.7. The second kappa shape index (κ2) is 6.20. The Bertz CT molecular complexity index is 893. The molecule has 0 bridgehead atoms. The lowest BCUT2D eigenvalue weighted by Crippen LogP contribution is -2.49. The van der Waals surface area contributed by atoms with Gasteiger partial charge in [0.15, 0.2) is 0 Å². The predicted molar refractivity (Wildman–Crippen MR) is 103 cm³/mol. The lowest BCUT2D eigenvalue weighted by atomic mass is 9.72. The zero-order valence-electron chi connectivity index (χ0n) is 15.9. The van der Waals surface area contributed by atoms with Crippen LogP contribution in [0.2, 0.25) is 0 Å². The smallest absolute Gasteiger partial charge is 0.254 e. The number of ether oxygens (including phenoxy) is 1. The molecule has 2 aliphatic heterocycles. The molecule has 2 aromatic carbocycles. The molecule has 140 valence electrons. The van der Waals surface area contributed by atoms with E-state index in [4.69, 9.17) is 4.74 Å². The summed E-state index contributed by atoms with van der Waals surface area (Å²) in [6.07, 6.45) is 0.584. The SMILES string of the molecule is COC(C)(C)C(=O)N1CC[C@]2(C(=O)Nc3ccccc32)[C@@H]1c1ccccc1. The van der Waals surface area contributed by atoms with Gasteiger partial charge in [-0.3, -0.25) is 9.59 Å². The molecule has 0 aliphatic carbocycles. The van der Waals surface area contributed by atoms with E-state index in [9.17, 15) is 9.59 Å². The molecule has 5 nitrogen and oxygen atoms in total. The first-order valence-corrected chi connectivity index (χ1v) is 9.24. The molecule has 2 heterocycles. The standard InChI is InChI=1S/C22H24N2O3/c1-21(2,27-3)20(26)24-14-13-22(18(24)15-9-5-4-6-10-15)16-11-7-8-12-17(16)23-19(22)25/h4-12,18H,13-14H2,1-3H3,(H,23,25)/t18-,22+/m0/s1. The number of benzene rings is 2. The molecule has 0 radical (unpaired) electrons. The van der Waals surface area contributed by atoms with Crippen LogP contribution >= 0.6 is 0 Å². The lowest BCUT2D eigenvalue weighted by Gasteiger charge is -2.37. The van der Waals surface area contributed by atoms with Gasteiger partial charge in [0.1, 0.15) is 11.0 Å². The Labute approximate surface area is 159 Å². The topological polar surface area (TPSA) is 58.6 Å². The number of para-hydroxylation sites is 1. The van der Waals surface area contributed by atoms with E-state index in [2.05, 4.69) is 5.32 Å². The maximum atomic E-state index is 13.3. The van der Waals surface area contributed by atoms with Crippen molar-refractivity contribution in [3.63, 3.8) is 0 Å². The van der Waals surface area contributed by atoms with Gasteiger partial charge >= 0.3 is 0 Å². The van der Waals surface area contributed by atoms with E-state index in [1.807, 2.05) is 59.5 Å². The van der Waals surface area contributed by atoms with Crippen LogP contribution in [-0.2, 0) is 19.7 Å². The number of fused-ring (bicyclic) bond motifs is 2. The number of anilines is 1. The van der Waals surface area contributed by atoms with E-state index in [1.54, 1.807) is 21.0 Å². The van der Waals surface area contributed by atoms with Crippen molar-refractivity contribution in [3.05, 3.63) is 65.7 Å². The number of likely N-dealkylation sites (tertiary alicyclic amines) is 1. The molecule has 0 saturated carbocycles. The van der Waals surface area contributed by atoms with Gasteiger partial charge in [-0.1, -0.05) is 48.5 Å². The Morgan fingerprint density at radius 3 is 2.52 bits per heavy atom. The monoisotopic (exact) mass is 364 g/mol. The normalized spacial score (nSPS) is 24.2. The fourth-order valence-electron chi connectivity index (χ4n) is 4.44. The zero-order chi connectivity index (χ0) is 19.2. The van der Waals surface area contributed by atoms with Gasteiger partial charge < -0.3 is 15.0 Å². The van der Waals surface area contributed by atoms with Crippen LogP contribution in [0, 0.1) is 0 Å². The van der Waals surface area contributed by atoms with Gasteiger partial charge in [-0.25, -0.2) is 0 Å². The number of carbonyl (C=O) groups is 2. The van der Waals surface area contributed by atoms with Crippen LogP contribution in [0.1, 0.15) is 37.4 Å². The van der Waals surface area contributed by atoms with Crippen molar-refractivity contribution in [2.24, 2.45) is 0 Å². The number of nitrogens with zero attached hydrogens (tertiary/aromatic N) is 1. The molecule has 0 unspecified atom stereocenters. The highest BCUT2D eigenvalue weighted by atomic mass is 16.5. The van der Waals surface area contributed by atoms with Crippen LogP contribution < -0.4 is 5.32 Å². The second-order valence-electron chi connectivity index (χ2n) is 7.75. The van der Waals surface area contributed by atoms with Crippen molar-refractivity contribution in [1.29, 1.82) is 0 Å². The van der Waals surface area contributed by atoms with E-state index in [0.717, 1.165) is 16.8 Å². The number of nitrogens with one attached hydrogen (secondary N) is 1. The average Bonchev–Trinajstić information content (AvgIpc) is 3.22. The number of amides is 2. The molecule has 5 heteroatoms. The summed E-state index contributed by atoms with van der Waals surface area (Å²) >= 11 is 0. The average molecular weight is 364 g/mol. The summed E-state index contributed by atoms with van der Waals surface area (Å²) in [5.41, 5.74) is 1.03. The van der Waals surface area contributed by atoms with Crippen LogP contribution in [0.3, 0.4) is 0 Å². The van der Waals surface area contributed by atoms with Crippen molar-refractivity contribution in [2.45, 2.75) is 37.3 Å². The summed E-state index contributed by atoms with van der Waals surface area (Å²) in [5, 5.41) is 3.03. The fourth-order valence-corrected chi connectivity index (χ4v) is 4.44. The molecule has 1 fully saturated rings. The third-order valence-corrected chi connectivity index (χ3v) is 5.99. The van der Waals surface area contributed by atoms with Crippen LogP contribution in [0.4, 0.5) is 5.69 Å². The van der Waals surface area contributed by atoms with Gasteiger partial charge in [0, 0.05) is 19.3 Å². The molecule has 1 N–H and O–H groups in total. The van der Waals surface area contributed by atoms with E-state index < -0.39 is 11.0 Å². The summed E-state index contributed by atoms with van der Waals surface area (Å²) in [6, 6.07) is 17.2. The Morgan fingerprint density at radius 2 is 1.81 bits per heavy atom. The fraction of sp³-hybridized carbons (Fsp3) is 0.364. The van der Waals surface area contributed by atoms with E-state index >= 15 is 0 Å². The van der Waals surface area contributed by atoms with Crippen molar-refractivity contribution >= 4 is 17.5 Å². The molecule has 1 spiro atoms. The number of hydrogen-bond donors (Lipinski definition) is 1. The summed E-state index contributed by atoms with van der Waals surface area (Å²) in [7, 11) is 1.54. The lowest BCUT2D eigenvalue weighted by molar-refractivity contribution is -0.152. The van der Waals surface area contributed by atoms with Crippen molar-refractivity contribution < 1.29 is 14.3 Å². The maximum Gasteiger partial charge on any atom is 0.254 e. The summed E-state index contributed by atoms with van der Waals surface area (Å²) in [4.78, 5) is 28.4. The third-order valence-electron chi connectivity index (χ3n) is 5.99. The van der Waals surface area contributed by atoms with E-state index in [1.165, 1.54) is 0 Å². The van der Waals surface area contributed by atoms with Gasteiger partial charge in [-0.2, -0.15) is 0 Å². The number of methoxy groups -OCH3 is 1. The second-order valence-corrected chi connectivity index (χ2v) is 7.75. The van der Waals surface area contributed by atoms with Crippen LogP contribution in [0.15, 0.2) is 54.6 Å². The quantitative estimate of drug-likeness (QED) is 0.909. The molecule has 0 aromatic heterocycles. The summed E-state index contributed by atoms with van der Waals surface area (Å²) < 4.78 is 5.45. The Hall–Kier alpha value is -2.66. The highest BCUT2D eigenvalue weighted by molar-refractivity contribution is 6.08. The first-order valence-electron chi connectivity index (χ1n) is 9.24. The number of carbonyl (C=O) groups excluding carboxylic acids is 2. The minimum atomic E-state index is -0.951. The Kier molecular flexibility index (Phi) is 4.07. The predicted octanol–water partition coefficient (Wildman–Crippen LogP) is 3.28. The zero-order valence-corrected chi connectivity index (χ0v) is 15.9. The van der Waals surface area contributed by atoms with Gasteiger partial charge in [-0.05, 0) is 37.5 Å². The molecule has 2 amide bonds. The third kappa shape index (κ3) is 2.49. The first-order chi connectivity index (χ1) is 12.9. The minimum absolute atomic E-state index is 0.0388. The minimum Gasteiger partial charge on any atom is -0.369 e. The highest BCUT2D eigenvalue weighted by Gasteiger charge is 2.60. The summed E-state index contributed by atoms with van der Waals surface area (Å²) in [5.74, 6) is -0.143. The molecule has 1 saturated heterocycles. The summed E-state index contributed by atoms with van der Waals surface area (Å²) in [6.45, 7) is 4.04. The molecule has 2 atom stereocenters. The van der Waals surface area contributed by atoms with Crippen LogP contribution in [0.5, 0.6) is 0 Å². The molecule has 2 aliphatic rings. The van der Waals surface area contributed by atoms with Crippen molar-refractivity contribution in [3.8, 4) is 0 Å². The van der Waals surface area contributed by atoms with Gasteiger partial charge in [-0.15, -0.1) is 0 Å². The van der Waals surface area contributed by atoms with Crippen molar-refractivity contribution in [2.75, 3.05) is 19.0 Å². The van der Waals surface area contributed by atoms with Gasteiger partial charge in [0.05, 0.1) is 6.04 Å². The van der Waals surface area contributed by atoms with E-state index in [-0.39, 0.29) is 17.9 Å². The molecule has 27 heavy (non-hydrogen) atoms. The Morgan fingerprint density at radius 1 is 1.15 bits per heavy atom.